The van der Waals surface area contributed by atoms with Gasteiger partial charge in [0.15, 0.2) is 11.5 Å². The van der Waals surface area contributed by atoms with Crippen LogP contribution in [0.5, 0.6) is 17.2 Å². The summed E-state index contributed by atoms with van der Waals surface area (Å²) in [6, 6.07) is 24.1. The smallest absolute Gasteiger partial charge is 0.264 e. The number of methoxy groups -OCH3 is 2. The third kappa shape index (κ3) is 8.46. The average Bonchev–Trinajstić information content (AvgIpc) is 3.04. The first kappa shape index (κ1) is 33.2. The van der Waals surface area contributed by atoms with Crippen LogP contribution in [0.15, 0.2) is 95.9 Å². The van der Waals surface area contributed by atoms with Gasteiger partial charge in [-0.2, -0.15) is 0 Å². The van der Waals surface area contributed by atoms with Gasteiger partial charge in [-0.15, -0.1) is 0 Å². The lowest BCUT2D eigenvalue weighted by Gasteiger charge is -2.24. The maximum atomic E-state index is 13.7. The highest BCUT2D eigenvalue weighted by Gasteiger charge is 2.28. The Morgan fingerprint density at radius 3 is 2.22 bits per heavy atom. The highest BCUT2D eigenvalue weighted by atomic mass is 35.5. The number of nitrogens with one attached hydrogen (secondary N) is 2. The van der Waals surface area contributed by atoms with E-state index in [9.17, 15) is 18.0 Å². The zero-order valence-corrected chi connectivity index (χ0v) is 26.7. The minimum atomic E-state index is -4.18. The van der Waals surface area contributed by atoms with Crippen molar-refractivity contribution in [3.05, 3.63) is 107 Å². The summed E-state index contributed by atoms with van der Waals surface area (Å²) in [6.45, 7) is 2.04. The van der Waals surface area contributed by atoms with Crippen molar-refractivity contribution in [3.63, 3.8) is 0 Å². The van der Waals surface area contributed by atoms with Gasteiger partial charge in [-0.1, -0.05) is 29.8 Å². The van der Waals surface area contributed by atoms with Crippen LogP contribution in [-0.2, 0) is 21.2 Å². The Kier molecular flexibility index (Phi) is 11.3. The lowest BCUT2D eigenvalue weighted by Crippen LogP contribution is -2.38. The van der Waals surface area contributed by atoms with E-state index >= 15 is 0 Å². The van der Waals surface area contributed by atoms with E-state index in [1.807, 2.05) is 19.1 Å². The number of anilines is 2. The van der Waals surface area contributed by atoms with Gasteiger partial charge in [0, 0.05) is 11.6 Å². The first-order valence-corrected chi connectivity index (χ1v) is 15.9. The number of nitrogens with zero attached hydrogens (tertiary/aromatic N) is 1. The summed E-state index contributed by atoms with van der Waals surface area (Å²) in [7, 11) is -1.07. The Bertz CT molecular complexity index is 1730. The molecule has 0 bridgehead atoms. The second-order valence-electron chi connectivity index (χ2n) is 9.68. The van der Waals surface area contributed by atoms with Crippen molar-refractivity contribution in [1.82, 2.24) is 5.32 Å². The first-order valence-electron chi connectivity index (χ1n) is 14.1. The van der Waals surface area contributed by atoms with Gasteiger partial charge in [0.25, 0.3) is 15.9 Å². The van der Waals surface area contributed by atoms with Crippen LogP contribution in [0.3, 0.4) is 0 Å². The molecule has 0 aliphatic heterocycles. The number of rotatable bonds is 14. The monoisotopic (exact) mass is 651 g/mol. The fourth-order valence-corrected chi connectivity index (χ4v) is 6.03. The van der Waals surface area contributed by atoms with E-state index in [1.165, 1.54) is 24.3 Å². The van der Waals surface area contributed by atoms with E-state index in [2.05, 4.69) is 10.6 Å². The van der Waals surface area contributed by atoms with Crippen LogP contribution < -0.4 is 29.1 Å². The standard InChI is InChI=1S/C33H34ClN3O7S/c1-4-44-26-14-12-25(13-15-26)37(45(40,41)27-16-10-24(34)11-17-27)22-32(38)36-29-8-6-5-7-28(29)33(39)35-20-19-23-9-18-30(42-2)31(21-23)43-3/h5-18,21H,4,19-20,22H2,1-3H3,(H,35,39)(H,36,38). The molecule has 4 aromatic rings. The normalized spacial score (nSPS) is 10.9. The zero-order valence-electron chi connectivity index (χ0n) is 25.1. The summed E-state index contributed by atoms with van der Waals surface area (Å²) in [6.07, 6.45) is 0.528. The highest BCUT2D eigenvalue weighted by molar-refractivity contribution is 7.92. The van der Waals surface area contributed by atoms with Gasteiger partial charge in [0.2, 0.25) is 5.91 Å². The molecule has 2 amide bonds. The highest BCUT2D eigenvalue weighted by Crippen LogP contribution is 2.28. The maximum Gasteiger partial charge on any atom is 0.264 e. The summed E-state index contributed by atoms with van der Waals surface area (Å²) in [4.78, 5) is 26.5. The molecule has 0 saturated heterocycles. The van der Waals surface area contributed by atoms with Crippen molar-refractivity contribution in [1.29, 1.82) is 0 Å². The second-order valence-corrected chi connectivity index (χ2v) is 12.0. The van der Waals surface area contributed by atoms with Crippen molar-refractivity contribution in [2.75, 3.05) is 43.5 Å². The summed E-state index contributed by atoms with van der Waals surface area (Å²) in [5.74, 6) is 0.708. The van der Waals surface area contributed by atoms with Gasteiger partial charge in [0.05, 0.1) is 42.7 Å². The van der Waals surface area contributed by atoms with Crippen molar-refractivity contribution >= 4 is 44.8 Å². The molecule has 0 heterocycles. The van der Waals surface area contributed by atoms with Gasteiger partial charge in [0.1, 0.15) is 12.3 Å². The molecule has 0 aromatic heterocycles. The lowest BCUT2D eigenvalue weighted by molar-refractivity contribution is -0.114. The van der Waals surface area contributed by atoms with Crippen LogP contribution in [0, 0.1) is 0 Å². The Morgan fingerprint density at radius 2 is 1.56 bits per heavy atom. The predicted molar refractivity (Wildman–Crippen MR) is 174 cm³/mol. The van der Waals surface area contributed by atoms with E-state index in [-0.39, 0.29) is 21.8 Å². The third-order valence-corrected chi connectivity index (χ3v) is 8.76. The van der Waals surface area contributed by atoms with Crippen LogP contribution >= 0.6 is 11.6 Å². The summed E-state index contributed by atoms with van der Waals surface area (Å²) in [5.41, 5.74) is 1.66. The molecule has 0 fully saturated rings. The molecular formula is C33H34ClN3O7S. The largest absolute Gasteiger partial charge is 0.494 e. The van der Waals surface area contributed by atoms with E-state index in [0.29, 0.717) is 41.8 Å². The summed E-state index contributed by atoms with van der Waals surface area (Å²) in [5, 5.41) is 5.95. The van der Waals surface area contributed by atoms with Crippen LogP contribution in [0.4, 0.5) is 11.4 Å². The van der Waals surface area contributed by atoms with E-state index in [4.69, 9.17) is 25.8 Å². The van der Waals surface area contributed by atoms with E-state index < -0.39 is 28.4 Å². The van der Waals surface area contributed by atoms with Crippen LogP contribution in [0.25, 0.3) is 0 Å². The predicted octanol–water partition coefficient (Wildman–Crippen LogP) is 5.56. The fraction of sp³-hybridized carbons (Fsp3) is 0.212. The molecule has 236 valence electrons. The molecule has 0 atom stereocenters. The van der Waals surface area contributed by atoms with Crippen molar-refractivity contribution in [2.24, 2.45) is 0 Å². The molecule has 10 nitrogen and oxygen atoms in total. The Balaban J connectivity index is 1.50. The fourth-order valence-electron chi connectivity index (χ4n) is 4.49. The molecule has 4 aromatic carbocycles. The topological polar surface area (TPSA) is 123 Å². The van der Waals surface area contributed by atoms with E-state index in [1.54, 1.807) is 68.8 Å². The van der Waals surface area contributed by atoms with Crippen molar-refractivity contribution < 1.29 is 32.2 Å². The van der Waals surface area contributed by atoms with E-state index in [0.717, 1.165) is 9.87 Å². The summed E-state index contributed by atoms with van der Waals surface area (Å²) < 4.78 is 44.5. The van der Waals surface area contributed by atoms with Crippen molar-refractivity contribution in [3.8, 4) is 17.2 Å². The zero-order chi connectivity index (χ0) is 32.4. The molecule has 0 aliphatic rings. The van der Waals surface area contributed by atoms with Crippen LogP contribution in [0.2, 0.25) is 5.02 Å². The molecule has 12 heteroatoms. The van der Waals surface area contributed by atoms with Gasteiger partial charge >= 0.3 is 0 Å². The number of para-hydroxylation sites is 1. The maximum absolute atomic E-state index is 13.7. The number of amides is 2. The molecule has 4 rings (SSSR count). The van der Waals surface area contributed by atoms with Crippen LogP contribution in [-0.4, -0.2) is 54.1 Å². The molecule has 0 aliphatic carbocycles. The Labute approximate surface area is 267 Å². The number of hydrogen-bond acceptors (Lipinski definition) is 7. The number of hydrogen-bond donors (Lipinski definition) is 2. The third-order valence-electron chi connectivity index (χ3n) is 6.72. The number of ether oxygens (including phenoxy) is 3. The molecule has 0 unspecified atom stereocenters. The molecule has 2 N–H and O–H groups in total. The Morgan fingerprint density at radius 1 is 0.867 bits per heavy atom. The first-order chi connectivity index (χ1) is 21.7. The van der Waals surface area contributed by atoms with Gasteiger partial charge in [-0.05, 0) is 91.7 Å². The molecular weight excluding hydrogens is 618 g/mol. The molecule has 0 radical (unpaired) electrons. The SMILES string of the molecule is CCOc1ccc(N(CC(=O)Nc2ccccc2C(=O)NCCc2ccc(OC)c(OC)c2)S(=O)(=O)c2ccc(Cl)cc2)cc1. The minimum absolute atomic E-state index is 0.0390. The number of carbonyl (C=O) groups is 2. The quantitative estimate of drug-likeness (QED) is 0.183. The number of sulfonamides is 1. The van der Waals surface area contributed by atoms with Crippen LogP contribution in [0.1, 0.15) is 22.8 Å². The van der Waals surface area contributed by atoms with Gasteiger partial charge in [-0.3, -0.25) is 13.9 Å². The van der Waals surface area contributed by atoms with Gasteiger partial charge in [-0.25, -0.2) is 8.42 Å². The number of benzene rings is 4. The number of halogens is 1. The Hall–Kier alpha value is -4.74. The lowest BCUT2D eigenvalue weighted by atomic mass is 10.1. The molecule has 0 spiro atoms. The summed E-state index contributed by atoms with van der Waals surface area (Å²) >= 11 is 5.98. The van der Waals surface area contributed by atoms with Crippen molar-refractivity contribution in [2.45, 2.75) is 18.2 Å². The molecule has 45 heavy (non-hydrogen) atoms. The molecule has 0 saturated carbocycles. The number of carbonyl (C=O) groups excluding carboxylic acids is 2. The second kappa shape index (κ2) is 15.3. The van der Waals surface area contributed by atoms with Gasteiger partial charge < -0.3 is 24.8 Å². The average molecular weight is 652 g/mol. The minimum Gasteiger partial charge on any atom is -0.494 e.